The topological polar surface area (TPSA) is 29.6 Å². The van der Waals surface area contributed by atoms with E-state index in [1.807, 2.05) is 23.5 Å². The van der Waals surface area contributed by atoms with Crippen molar-refractivity contribution in [3.8, 4) is 27.9 Å². The third-order valence-corrected chi connectivity index (χ3v) is 12.5. The van der Waals surface area contributed by atoms with E-state index in [0.29, 0.717) is 0 Å². The van der Waals surface area contributed by atoms with Crippen molar-refractivity contribution >= 4 is 66.2 Å². The van der Waals surface area contributed by atoms with Crippen LogP contribution in [0.2, 0.25) is 0 Å². The van der Waals surface area contributed by atoms with Gasteiger partial charge >= 0.3 is 0 Å². The van der Waals surface area contributed by atoms with Crippen molar-refractivity contribution in [2.24, 2.45) is 9.98 Å². The molecule has 0 fully saturated rings. The predicted octanol–water partition coefficient (Wildman–Crippen LogP) is 11.8. The largest absolute Gasteiger partial charge is 0.309 e. The molecule has 1 aromatic heterocycles. The molecule has 0 N–H and O–H groups in total. The van der Waals surface area contributed by atoms with Crippen LogP contribution in [0.15, 0.2) is 137 Å². The van der Waals surface area contributed by atoms with Gasteiger partial charge in [-0.3, -0.25) is 9.98 Å². The fraction of sp³-hybridized carbons (Fsp3) is 0.182. The van der Waals surface area contributed by atoms with E-state index < -0.39 is 0 Å². The summed E-state index contributed by atoms with van der Waals surface area (Å²) in [5, 5.41) is 7.36. The number of para-hydroxylation sites is 1. The molecule has 0 saturated carbocycles. The van der Waals surface area contributed by atoms with E-state index in [1.165, 1.54) is 66.0 Å². The molecule has 0 atom stereocenters. The lowest BCUT2D eigenvalue weighted by Crippen LogP contribution is -2.15. The number of aromatic nitrogens is 1. The van der Waals surface area contributed by atoms with E-state index in [2.05, 4.69) is 160 Å². The molecule has 6 aromatic carbocycles. The fourth-order valence-electron chi connectivity index (χ4n) is 7.21. The number of rotatable bonds is 5. The number of thioether (sulfide) groups is 2. The fourth-order valence-corrected chi connectivity index (χ4v) is 9.55. The van der Waals surface area contributed by atoms with Crippen LogP contribution in [0.25, 0.3) is 60.5 Å². The Bertz CT molecular complexity index is 2470. The van der Waals surface area contributed by atoms with Crippen LogP contribution in [0.1, 0.15) is 38.8 Å². The van der Waals surface area contributed by atoms with Crippen LogP contribution in [-0.2, 0) is 0 Å². The van der Waals surface area contributed by atoms with Crippen molar-refractivity contribution in [2.45, 2.75) is 38.8 Å². The summed E-state index contributed by atoms with van der Waals surface area (Å²) in [6, 6.07) is 47.0. The van der Waals surface area contributed by atoms with Gasteiger partial charge in [-0.2, -0.15) is 0 Å². The summed E-state index contributed by atoms with van der Waals surface area (Å²) in [6.07, 6.45) is 0. The number of nitrogens with zero attached hydrogens (tertiary/aromatic N) is 3. The lowest BCUT2D eigenvalue weighted by Gasteiger charge is -2.13. The van der Waals surface area contributed by atoms with Crippen LogP contribution in [0.4, 0.5) is 0 Å². The van der Waals surface area contributed by atoms with E-state index in [1.54, 1.807) is 0 Å². The maximum atomic E-state index is 4.98. The SMILES string of the molecule is CC1(C)CSC(c2ccc(-c3ccc4c5c6ccccc6c(-c6ccc(C7=NC(C)(C)CS7)cc6)cc5n(-c5ccccc5)c4c3)cc2)=N1. The summed E-state index contributed by atoms with van der Waals surface area (Å²) in [5.74, 6) is 2.05. The Morgan fingerprint density at radius 2 is 1.02 bits per heavy atom. The van der Waals surface area contributed by atoms with Crippen molar-refractivity contribution in [2.75, 3.05) is 11.5 Å². The van der Waals surface area contributed by atoms with Crippen LogP contribution in [0.5, 0.6) is 0 Å². The average Bonchev–Trinajstić information content (AvgIpc) is 3.79. The second-order valence-electron chi connectivity index (χ2n) is 14.5. The summed E-state index contributed by atoms with van der Waals surface area (Å²) < 4.78 is 2.45. The minimum absolute atomic E-state index is 0.00338. The Balaban J connectivity index is 1.22. The molecule has 0 bridgehead atoms. The number of hydrogen-bond donors (Lipinski definition) is 0. The molecule has 49 heavy (non-hydrogen) atoms. The zero-order valence-corrected chi connectivity index (χ0v) is 29.8. The summed E-state index contributed by atoms with van der Waals surface area (Å²) in [4.78, 5) is 9.93. The maximum Gasteiger partial charge on any atom is 0.0984 e. The van der Waals surface area contributed by atoms with Crippen LogP contribution >= 0.6 is 23.5 Å². The molecule has 2 aliphatic rings. The van der Waals surface area contributed by atoms with Gasteiger partial charge in [0.1, 0.15) is 0 Å². The van der Waals surface area contributed by atoms with E-state index >= 15 is 0 Å². The highest BCUT2D eigenvalue weighted by Crippen LogP contribution is 2.43. The number of hydrogen-bond acceptors (Lipinski definition) is 4. The van der Waals surface area contributed by atoms with Gasteiger partial charge in [0, 0.05) is 39.1 Å². The first-order valence-corrected chi connectivity index (χ1v) is 18.9. The molecule has 0 unspecified atom stereocenters. The molecule has 0 radical (unpaired) electrons. The Kier molecular flexibility index (Phi) is 7.15. The van der Waals surface area contributed by atoms with Crippen LogP contribution in [0.3, 0.4) is 0 Å². The Labute approximate surface area is 296 Å². The molecule has 7 aromatic rings. The van der Waals surface area contributed by atoms with Gasteiger partial charge in [-0.15, -0.1) is 23.5 Å². The zero-order chi connectivity index (χ0) is 33.3. The standard InChI is InChI=1S/C44H37N3S2/c1-43(2)26-48-41(45-43)30-18-14-28(15-19-30)32-22-23-36-38(24-32)47(33-10-6-5-7-11-33)39-25-37(34-12-8-9-13-35(34)40(36)39)29-16-20-31(21-17-29)42-46-44(3,4)27-49-42/h5-25H,26-27H2,1-4H3. The minimum atomic E-state index is -0.00453. The molecule has 240 valence electrons. The number of benzene rings is 6. The Morgan fingerprint density at radius 3 is 1.61 bits per heavy atom. The van der Waals surface area contributed by atoms with Crippen molar-refractivity contribution in [3.63, 3.8) is 0 Å². The summed E-state index contributed by atoms with van der Waals surface area (Å²) in [5.41, 5.74) is 10.8. The molecule has 5 heteroatoms. The molecular weight excluding hydrogens is 635 g/mol. The van der Waals surface area contributed by atoms with E-state index in [4.69, 9.17) is 9.98 Å². The quantitative estimate of drug-likeness (QED) is 0.182. The molecule has 3 heterocycles. The molecular formula is C44H37N3S2. The van der Waals surface area contributed by atoms with Crippen LogP contribution in [-0.4, -0.2) is 37.2 Å². The third kappa shape index (κ3) is 5.40. The summed E-state index contributed by atoms with van der Waals surface area (Å²) in [6.45, 7) is 8.83. The predicted molar refractivity (Wildman–Crippen MR) is 215 cm³/mol. The van der Waals surface area contributed by atoms with Crippen LogP contribution < -0.4 is 0 Å². The molecule has 0 saturated heterocycles. The normalized spacial score (nSPS) is 16.8. The summed E-state index contributed by atoms with van der Waals surface area (Å²) >= 11 is 3.71. The van der Waals surface area contributed by atoms with Gasteiger partial charge in [-0.05, 0) is 85.0 Å². The van der Waals surface area contributed by atoms with Crippen molar-refractivity contribution < 1.29 is 0 Å². The first-order chi connectivity index (χ1) is 23.7. The van der Waals surface area contributed by atoms with Gasteiger partial charge in [0.05, 0.1) is 32.2 Å². The van der Waals surface area contributed by atoms with Gasteiger partial charge < -0.3 is 4.57 Å². The molecule has 2 aliphatic heterocycles. The van der Waals surface area contributed by atoms with Crippen molar-refractivity contribution in [1.82, 2.24) is 4.57 Å². The monoisotopic (exact) mass is 671 g/mol. The third-order valence-electron chi connectivity index (χ3n) is 9.63. The van der Waals surface area contributed by atoms with Gasteiger partial charge in [0.25, 0.3) is 0 Å². The average molecular weight is 672 g/mol. The van der Waals surface area contributed by atoms with Crippen LogP contribution in [0, 0.1) is 0 Å². The van der Waals surface area contributed by atoms with E-state index in [0.717, 1.165) is 27.3 Å². The summed E-state index contributed by atoms with van der Waals surface area (Å²) in [7, 11) is 0. The second kappa shape index (κ2) is 11.5. The van der Waals surface area contributed by atoms with Gasteiger partial charge in [0.2, 0.25) is 0 Å². The van der Waals surface area contributed by atoms with E-state index in [9.17, 15) is 0 Å². The van der Waals surface area contributed by atoms with Crippen molar-refractivity contribution in [3.05, 3.63) is 139 Å². The molecule has 0 aliphatic carbocycles. The zero-order valence-electron chi connectivity index (χ0n) is 28.2. The highest BCUT2D eigenvalue weighted by molar-refractivity contribution is 8.15. The number of aliphatic imine (C=N–C) groups is 2. The van der Waals surface area contributed by atoms with Gasteiger partial charge in [-0.25, -0.2) is 0 Å². The smallest absolute Gasteiger partial charge is 0.0984 e. The molecule has 0 amide bonds. The number of fused-ring (bicyclic) bond motifs is 5. The minimum Gasteiger partial charge on any atom is -0.309 e. The van der Waals surface area contributed by atoms with E-state index in [-0.39, 0.29) is 11.1 Å². The maximum absolute atomic E-state index is 4.98. The molecule has 3 nitrogen and oxygen atoms in total. The first kappa shape index (κ1) is 30.5. The lowest BCUT2D eigenvalue weighted by molar-refractivity contribution is 0.605. The molecule has 9 rings (SSSR count). The Hall–Kier alpha value is -4.58. The van der Waals surface area contributed by atoms with Crippen molar-refractivity contribution in [1.29, 1.82) is 0 Å². The highest BCUT2D eigenvalue weighted by Gasteiger charge is 2.27. The first-order valence-electron chi connectivity index (χ1n) is 17.0. The second-order valence-corrected chi connectivity index (χ2v) is 16.4. The van der Waals surface area contributed by atoms with Gasteiger partial charge in [-0.1, -0.05) is 103 Å². The molecule has 0 spiro atoms. The highest BCUT2D eigenvalue weighted by atomic mass is 32.2. The Morgan fingerprint density at radius 1 is 0.490 bits per heavy atom. The lowest BCUT2D eigenvalue weighted by atomic mass is 9.94. The van der Waals surface area contributed by atoms with Gasteiger partial charge in [0.15, 0.2) is 0 Å².